The summed E-state index contributed by atoms with van der Waals surface area (Å²) in [7, 11) is 0. The second kappa shape index (κ2) is 6.81. The summed E-state index contributed by atoms with van der Waals surface area (Å²) >= 11 is 1.22. The van der Waals surface area contributed by atoms with Gasteiger partial charge in [0.05, 0.1) is 4.88 Å². The monoisotopic (exact) mass is 305 g/mol. The lowest BCUT2D eigenvalue weighted by Gasteiger charge is -2.05. The molecular weight excluding hydrogens is 293 g/mol. The lowest BCUT2D eigenvalue weighted by Crippen LogP contribution is -2.22. The van der Waals surface area contributed by atoms with E-state index in [-0.39, 0.29) is 18.3 Å². The van der Waals surface area contributed by atoms with Crippen LogP contribution in [0.25, 0.3) is 6.08 Å². The Bertz CT molecular complexity index is 694. The summed E-state index contributed by atoms with van der Waals surface area (Å²) in [6.07, 6.45) is 2.35. The van der Waals surface area contributed by atoms with Gasteiger partial charge in [0.1, 0.15) is 5.82 Å². The molecular formula is C15H12FNO3S. The molecule has 2 rings (SSSR count). The fourth-order valence-corrected chi connectivity index (χ4v) is 2.51. The fraction of sp³-hybridized carbons (Fsp3) is 0.0667. The number of rotatable bonds is 5. The molecule has 0 saturated carbocycles. The van der Waals surface area contributed by atoms with Crippen molar-refractivity contribution in [3.63, 3.8) is 0 Å². The Morgan fingerprint density at radius 2 is 2.14 bits per heavy atom. The molecule has 2 N–H and O–H groups in total. The van der Waals surface area contributed by atoms with E-state index in [1.165, 1.54) is 29.5 Å². The maximum absolute atomic E-state index is 13.0. The largest absolute Gasteiger partial charge is 0.478 e. The summed E-state index contributed by atoms with van der Waals surface area (Å²) in [6, 6.07) is 7.63. The van der Waals surface area contributed by atoms with E-state index in [4.69, 9.17) is 5.11 Å². The molecule has 0 spiro atoms. The molecule has 1 aromatic carbocycles. The minimum atomic E-state index is -1.08. The molecule has 0 atom stereocenters. The van der Waals surface area contributed by atoms with Crippen molar-refractivity contribution in [1.29, 1.82) is 0 Å². The second-order valence-electron chi connectivity index (χ2n) is 4.19. The summed E-state index contributed by atoms with van der Waals surface area (Å²) in [6.45, 7) is 0.205. The quantitative estimate of drug-likeness (QED) is 0.835. The molecule has 0 fully saturated rings. The van der Waals surface area contributed by atoms with Crippen molar-refractivity contribution in [2.75, 3.05) is 0 Å². The minimum absolute atomic E-state index is 0.205. The zero-order valence-electron chi connectivity index (χ0n) is 10.9. The van der Waals surface area contributed by atoms with Crippen LogP contribution in [0.5, 0.6) is 0 Å². The standard InChI is InChI=1S/C15H12FNO3S/c16-12-3-1-2-10(8-12)9-17-15(20)14-11(6-7-21-14)4-5-13(18)19/h1-8H,9H2,(H,17,20)(H,18,19). The first-order valence-corrected chi connectivity index (χ1v) is 6.95. The fourth-order valence-electron chi connectivity index (χ4n) is 1.71. The SMILES string of the molecule is O=C(O)C=Cc1ccsc1C(=O)NCc1cccc(F)c1. The van der Waals surface area contributed by atoms with Gasteiger partial charge in [0.15, 0.2) is 0 Å². The number of carbonyl (C=O) groups is 2. The van der Waals surface area contributed by atoms with Gasteiger partial charge in [-0.3, -0.25) is 4.79 Å². The van der Waals surface area contributed by atoms with Crippen LogP contribution in [0.2, 0.25) is 0 Å². The van der Waals surface area contributed by atoms with Crippen LogP contribution in [-0.2, 0) is 11.3 Å². The van der Waals surface area contributed by atoms with Crippen molar-refractivity contribution in [3.05, 3.63) is 63.6 Å². The van der Waals surface area contributed by atoms with E-state index in [0.717, 1.165) is 6.08 Å². The van der Waals surface area contributed by atoms with Crippen LogP contribution in [0, 0.1) is 5.82 Å². The molecule has 1 heterocycles. The maximum atomic E-state index is 13.0. The molecule has 108 valence electrons. The molecule has 0 saturated heterocycles. The van der Waals surface area contributed by atoms with Crippen molar-refractivity contribution in [2.45, 2.75) is 6.54 Å². The van der Waals surface area contributed by atoms with Crippen molar-refractivity contribution in [3.8, 4) is 0 Å². The number of carboxylic acids is 1. The lowest BCUT2D eigenvalue weighted by molar-refractivity contribution is -0.131. The van der Waals surface area contributed by atoms with E-state index in [0.29, 0.717) is 16.0 Å². The number of nitrogens with one attached hydrogen (secondary N) is 1. The highest BCUT2D eigenvalue weighted by molar-refractivity contribution is 7.12. The molecule has 0 radical (unpaired) electrons. The Morgan fingerprint density at radius 3 is 2.86 bits per heavy atom. The Kier molecular flexibility index (Phi) is 4.84. The number of benzene rings is 1. The highest BCUT2D eigenvalue weighted by Gasteiger charge is 2.11. The van der Waals surface area contributed by atoms with Gasteiger partial charge in [0.2, 0.25) is 0 Å². The molecule has 21 heavy (non-hydrogen) atoms. The van der Waals surface area contributed by atoms with Crippen LogP contribution < -0.4 is 5.32 Å². The Morgan fingerprint density at radius 1 is 1.33 bits per heavy atom. The van der Waals surface area contributed by atoms with Gasteiger partial charge < -0.3 is 10.4 Å². The van der Waals surface area contributed by atoms with E-state index in [9.17, 15) is 14.0 Å². The minimum Gasteiger partial charge on any atom is -0.478 e. The number of hydrogen-bond donors (Lipinski definition) is 2. The summed E-state index contributed by atoms with van der Waals surface area (Å²) in [4.78, 5) is 23.0. The molecule has 2 aromatic rings. The molecule has 0 aliphatic rings. The molecule has 1 aromatic heterocycles. The van der Waals surface area contributed by atoms with Gasteiger partial charge in [-0.2, -0.15) is 0 Å². The molecule has 6 heteroatoms. The number of carboxylic acid groups (broad SMARTS) is 1. The van der Waals surface area contributed by atoms with Gasteiger partial charge in [-0.05, 0) is 40.8 Å². The number of halogens is 1. The third-order valence-electron chi connectivity index (χ3n) is 2.65. The summed E-state index contributed by atoms with van der Waals surface area (Å²) in [5, 5.41) is 13.0. The van der Waals surface area contributed by atoms with Crippen LogP contribution >= 0.6 is 11.3 Å². The molecule has 0 bridgehead atoms. The van der Waals surface area contributed by atoms with Crippen LogP contribution in [0.1, 0.15) is 20.8 Å². The zero-order chi connectivity index (χ0) is 15.2. The number of amides is 1. The predicted octanol–water partition coefficient (Wildman–Crippen LogP) is 2.92. The van der Waals surface area contributed by atoms with Gasteiger partial charge in [-0.25, -0.2) is 9.18 Å². The summed E-state index contributed by atoms with van der Waals surface area (Å²) in [5.74, 6) is -1.76. The molecule has 1 amide bonds. The van der Waals surface area contributed by atoms with E-state index >= 15 is 0 Å². The first-order chi connectivity index (χ1) is 10.1. The van der Waals surface area contributed by atoms with Crippen LogP contribution in [0.4, 0.5) is 4.39 Å². The first-order valence-electron chi connectivity index (χ1n) is 6.07. The average molecular weight is 305 g/mol. The first kappa shape index (κ1) is 14.9. The van der Waals surface area contributed by atoms with Crippen LogP contribution in [0.3, 0.4) is 0 Å². The van der Waals surface area contributed by atoms with Crippen LogP contribution in [0.15, 0.2) is 41.8 Å². The highest BCUT2D eigenvalue weighted by Crippen LogP contribution is 2.18. The lowest BCUT2D eigenvalue weighted by atomic mass is 10.2. The number of hydrogen-bond acceptors (Lipinski definition) is 3. The van der Waals surface area contributed by atoms with E-state index in [1.807, 2.05) is 0 Å². The number of aliphatic carboxylic acids is 1. The number of carbonyl (C=O) groups excluding carboxylic acids is 1. The van der Waals surface area contributed by atoms with Gasteiger partial charge >= 0.3 is 5.97 Å². The smallest absolute Gasteiger partial charge is 0.328 e. The molecule has 4 nitrogen and oxygen atoms in total. The Balaban J connectivity index is 2.04. The molecule has 0 aliphatic heterocycles. The van der Waals surface area contributed by atoms with Gasteiger partial charge in [-0.15, -0.1) is 11.3 Å². The third-order valence-corrected chi connectivity index (χ3v) is 3.58. The van der Waals surface area contributed by atoms with E-state index in [1.54, 1.807) is 23.6 Å². The van der Waals surface area contributed by atoms with Crippen molar-refractivity contribution < 1.29 is 19.1 Å². The van der Waals surface area contributed by atoms with Crippen molar-refractivity contribution >= 4 is 29.3 Å². The van der Waals surface area contributed by atoms with E-state index in [2.05, 4.69) is 5.32 Å². The second-order valence-corrected chi connectivity index (χ2v) is 5.11. The summed E-state index contributed by atoms with van der Waals surface area (Å²) < 4.78 is 13.0. The predicted molar refractivity (Wildman–Crippen MR) is 78.6 cm³/mol. The van der Waals surface area contributed by atoms with Crippen LogP contribution in [-0.4, -0.2) is 17.0 Å². The van der Waals surface area contributed by atoms with E-state index < -0.39 is 5.97 Å². The Labute approximate surface area is 124 Å². The zero-order valence-corrected chi connectivity index (χ0v) is 11.7. The molecule has 0 unspecified atom stereocenters. The normalized spacial score (nSPS) is 10.7. The van der Waals surface area contributed by atoms with Crippen molar-refractivity contribution in [2.24, 2.45) is 0 Å². The summed E-state index contributed by atoms with van der Waals surface area (Å²) in [5.41, 5.74) is 1.20. The molecule has 0 aliphatic carbocycles. The number of thiophene rings is 1. The van der Waals surface area contributed by atoms with Crippen molar-refractivity contribution in [1.82, 2.24) is 5.32 Å². The van der Waals surface area contributed by atoms with Gasteiger partial charge in [0, 0.05) is 12.6 Å². The third kappa shape index (κ3) is 4.25. The van der Waals surface area contributed by atoms with Gasteiger partial charge in [0.25, 0.3) is 5.91 Å². The maximum Gasteiger partial charge on any atom is 0.328 e. The highest BCUT2D eigenvalue weighted by atomic mass is 32.1. The average Bonchev–Trinajstić information content (AvgIpc) is 2.91. The Hall–Kier alpha value is -2.47. The van der Waals surface area contributed by atoms with Gasteiger partial charge in [-0.1, -0.05) is 12.1 Å². The topological polar surface area (TPSA) is 66.4 Å².